The quantitative estimate of drug-likeness (QED) is 0.923. The summed E-state index contributed by atoms with van der Waals surface area (Å²) in [4.78, 5) is 0. The lowest BCUT2D eigenvalue weighted by Crippen LogP contribution is -1.97. The first-order chi connectivity index (χ1) is 7.35. The van der Waals surface area contributed by atoms with E-state index < -0.39 is 0 Å². The Kier molecular flexibility index (Phi) is 4.62. The SMILES string of the molecule is Br.CCNc1cccc2ccc(OC)cc12. The Morgan fingerprint density at radius 2 is 2.00 bits per heavy atom. The van der Waals surface area contributed by atoms with Crippen molar-refractivity contribution in [2.24, 2.45) is 0 Å². The average Bonchev–Trinajstić information content (AvgIpc) is 2.29. The smallest absolute Gasteiger partial charge is 0.119 e. The third-order valence-electron chi connectivity index (χ3n) is 2.46. The molecule has 3 heteroatoms. The minimum Gasteiger partial charge on any atom is -0.497 e. The van der Waals surface area contributed by atoms with Crippen molar-refractivity contribution in [3.05, 3.63) is 36.4 Å². The average molecular weight is 282 g/mol. The second-order valence-electron chi connectivity index (χ2n) is 3.42. The van der Waals surface area contributed by atoms with Crippen LogP contribution < -0.4 is 10.1 Å². The van der Waals surface area contributed by atoms with Crippen molar-refractivity contribution < 1.29 is 4.74 Å². The summed E-state index contributed by atoms with van der Waals surface area (Å²) in [5, 5.41) is 5.78. The zero-order valence-corrected chi connectivity index (χ0v) is 11.2. The number of nitrogens with one attached hydrogen (secondary N) is 1. The highest BCUT2D eigenvalue weighted by atomic mass is 79.9. The first-order valence-corrected chi connectivity index (χ1v) is 5.16. The molecule has 0 atom stereocenters. The first-order valence-electron chi connectivity index (χ1n) is 5.16. The zero-order chi connectivity index (χ0) is 10.7. The molecule has 0 bridgehead atoms. The third kappa shape index (κ3) is 2.47. The van der Waals surface area contributed by atoms with Gasteiger partial charge in [-0.25, -0.2) is 0 Å². The van der Waals surface area contributed by atoms with Gasteiger partial charge in [-0.3, -0.25) is 0 Å². The maximum Gasteiger partial charge on any atom is 0.119 e. The number of rotatable bonds is 3. The molecule has 0 aliphatic carbocycles. The fourth-order valence-corrected chi connectivity index (χ4v) is 1.72. The topological polar surface area (TPSA) is 21.3 Å². The molecular weight excluding hydrogens is 266 g/mol. The van der Waals surface area contributed by atoms with Gasteiger partial charge in [0.1, 0.15) is 5.75 Å². The lowest BCUT2D eigenvalue weighted by atomic mass is 10.1. The van der Waals surface area contributed by atoms with Crippen molar-refractivity contribution in [3.63, 3.8) is 0 Å². The van der Waals surface area contributed by atoms with Crippen LogP contribution in [0.2, 0.25) is 0 Å². The summed E-state index contributed by atoms with van der Waals surface area (Å²) in [6.07, 6.45) is 0. The molecule has 2 nitrogen and oxygen atoms in total. The molecule has 0 aliphatic rings. The lowest BCUT2D eigenvalue weighted by molar-refractivity contribution is 0.415. The molecule has 2 rings (SSSR count). The Balaban J connectivity index is 0.00000128. The highest BCUT2D eigenvalue weighted by Gasteiger charge is 2.00. The number of hydrogen-bond donors (Lipinski definition) is 1. The van der Waals surface area contributed by atoms with Crippen LogP contribution in [-0.4, -0.2) is 13.7 Å². The van der Waals surface area contributed by atoms with Crippen molar-refractivity contribution in [2.45, 2.75) is 6.92 Å². The van der Waals surface area contributed by atoms with Crippen molar-refractivity contribution in [2.75, 3.05) is 19.0 Å². The number of halogens is 1. The van der Waals surface area contributed by atoms with E-state index >= 15 is 0 Å². The summed E-state index contributed by atoms with van der Waals surface area (Å²) in [5.41, 5.74) is 1.16. The van der Waals surface area contributed by atoms with E-state index in [4.69, 9.17) is 4.74 Å². The minimum absolute atomic E-state index is 0. The number of fused-ring (bicyclic) bond motifs is 1. The first kappa shape index (κ1) is 12.8. The van der Waals surface area contributed by atoms with Crippen molar-refractivity contribution in [3.8, 4) is 5.75 Å². The van der Waals surface area contributed by atoms with Gasteiger partial charge < -0.3 is 10.1 Å². The van der Waals surface area contributed by atoms with E-state index in [0.717, 1.165) is 18.0 Å². The Morgan fingerprint density at radius 3 is 2.69 bits per heavy atom. The molecular formula is C13H16BrNO. The molecule has 16 heavy (non-hydrogen) atoms. The van der Waals surface area contributed by atoms with Gasteiger partial charge in [0, 0.05) is 17.6 Å². The third-order valence-corrected chi connectivity index (χ3v) is 2.46. The fraction of sp³-hybridized carbons (Fsp3) is 0.231. The van der Waals surface area contributed by atoms with Gasteiger partial charge in [0.2, 0.25) is 0 Å². The number of anilines is 1. The molecule has 0 aliphatic heterocycles. The molecule has 0 aromatic heterocycles. The maximum atomic E-state index is 5.23. The number of methoxy groups -OCH3 is 1. The van der Waals surface area contributed by atoms with Gasteiger partial charge in [-0.2, -0.15) is 0 Å². The second-order valence-corrected chi connectivity index (χ2v) is 3.42. The van der Waals surface area contributed by atoms with Crippen LogP contribution in [0.4, 0.5) is 5.69 Å². The molecule has 1 N–H and O–H groups in total. The van der Waals surface area contributed by atoms with Crippen LogP contribution in [0.1, 0.15) is 6.92 Å². The van der Waals surface area contributed by atoms with E-state index in [1.165, 1.54) is 10.8 Å². The molecule has 0 heterocycles. The van der Waals surface area contributed by atoms with E-state index in [1.54, 1.807) is 7.11 Å². The van der Waals surface area contributed by atoms with E-state index in [-0.39, 0.29) is 17.0 Å². The summed E-state index contributed by atoms with van der Waals surface area (Å²) in [5.74, 6) is 0.896. The number of hydrogen-bond acceptors (Lipinski definition) is 2. The van der Waals surface area contributed by atoms with Crippen molar-refractivity contribution >= 4 is 33.4 Å². The summed E-state index contributed by atoms with van der Waals surface area (Å²) in [6, 6.07) is 12.4. The van der Waals surface area contributed by atoms with Gasteiger partial charge in [0.25, 0.3) is 0 Å². The van der Waals surface area contributed by atoms with Gasteiger partial charge in [0.05, 0.1) is 7.11 Å². The standard InChI is InChI=1S/C13H15NO.BrH/c1-3-14-13-6-4-5-10-7-8-11(15-2)9-12(10)13;/h4-9,14H,3H2,1-2H3;1H. The predicted molar refractivity (Wildman–Crippen MR) is 75.0 cm³/mol. The maximum absolute atomic E-state index is 5.23. The van der Waals surface area contributed by atoms with E-state index in [9.17, 15) is 0 Å². The van der Waals surface area contributed by atoms with E-state index in [2.05, 4.69) is 42.6 Å². The van der Waals surface area contributed by atoms with Crippen LogP contribution in [-0.2, 0) is 0 Å². The van der Waals surface area contributed by atoms with Crippen molar-refractivity contribution in [1.82, 2.24) is 0 Å². The van der Waals surface area contributed by atoms with Gasteiger partial charge >= 0.3 is 0 Å². The normalized spacial score (nSPS) is 9.62. The number of benzene rings is 2. The summed E-state index contributed by atoms with van der Waals surface area (Å²) in [6.45, 7) is 3.02. The Morgan fingerprint density at radius 1 is 1.19 bits per heavy atom. The van der Waals surface area contributed by atoms with Gasteiger partial charge in [-0.15, -0.1) is 17.0 Å². The minimum atomic E-state index is 0. The largest absolute Gasteiger partial charge is 0.497 e. The van der Waals surface area contributed by atoms with Crippen LogP contribution >= 0.6 is 17.0 Å². The van der Waals surface area contributed by atoms with Crippen LogP contribution in [0.25, 0.3) is 10.8 Å². The predicted octanol–water partition coefficient (Wildman–Crippen LogP) is 3.86. The highest BCUT2D eigenvalue weighted by Crippen LogP contribution is 2.27. The highest BCUT2D eigenvalue weighted by molar-refractivity contribution is 8.93. The van der Waals surface area contributed by atoms with Gasteiger partial charge in [-0.1, -0.05) is 18.2 Å². The molecule has 0 amide bonds. The van der Waals surface area contributed by atoms with E-state index in [0.29, 0.717) is 0 Å². The van der Waals surface area contributed by atoms with Crippen LogP contribution in [0.3, 0.4) is 0 Å². The Hall–Kier alpha value is -1.22. The molecule has 0 saturated carbocycles. The Bertz CT molecular complexity index is 470. The molecule has 0 spiro atoms. The molecule has 0 fully saturated rings. The number of ether oxygens (including phenoxy) is 1. The van der Waals surface area contributed by atoms with Gasteiger partial charge in [-0.05, 0) is 30.5 Å². The Labute approximate surface area is 106 Å². The second kappa shape index (κ2) is 5.75. The lowest BCUT2D eigenvalue weighted by Gasteiger charge is -2.09. The summed E-state index contributed by atoms with van der Waals surface area (Å²) >= 11 is 0. The van der Waals surface area contributed by atoms with Crippen LogP contribution in [0.5, 0.6) is 5.75 Å². The molecule has 0 unspecified atom stereocenters. The molecule has 0 radical (unpaired) electrons. The van der Waals surface area contributed by atoms with E-state index in [1.807, 2.05) is 6.07 Å². The molecule has 2 aromatic rings. The molecule has 86 valence electrons. The molecule has 0 saturated heterocycles. The van der Waals surface area contributed by atoms with Crippen LogP contribution in [0.15, 0.2) is 36.4 Å². The van der Waals surface area contributed by atoms with Crippen molar-refractivity contribution in [1.29, 1.82) is 0 Å². The zero-order valence-electron chi connectivity index (χ0n) is 9.49. The fourth-order valence-electron chi connectivity index (χ4n) is 1.72. The summed E-state index contributed by atoms with van der Waals surface area (Å²) < 4.78 is 5.23. The monoisotopic (exact) mass is 281 g/mol. The summed E-state index contributed by atoms with van der Waals surface area (Å²) in [7, 11) is 1.69. The molecule has 2 aromatic carbocycles. The van der Waals surface area contributed by atoms with Gasteiger partial charge in [0.15, 0.2) is 0 Å². The van der Waals surface area contributed by atoms with Crippen LogP contribution in [0, 0.1) is 0 Å².